The number of carbonyl (C=O) groups is 2. The molecule has 1 saturated heterocycles. The number of nitrogens with one attached hydrogen (secondary N) is 1. The van der Waals surface area contributed by atoms with Gasteiger partial charge in [-0.05, 0) is 44.5 Å². The smallest absolute Gasteiger partial charge is 0.250 e. The van der Waals surface area contributed by atoms with Gasteiger partial charge < -0.3 is 10.6 Å². The van der Waals surface area contributed by atoms with Crippen molar-refractivity contribution >= 4 is 21.8 Å². The van der Waals surface area contributed by atoms with Gasteiger partial charge in [-0.1, -0.05) is 18.2 Å². The van der Waals surface area contributed by atoms with Crippen LogP contribution in [0.4, 0.5) is 0 Å². The molecule has 0 bridgehead atoms. The van der Waals surface area contributed by atoms with E-state index < -0.39 is 27.9 Å². The Morgan fingerprint density at radius 2 is 1.75 bits per heavy atom. The van der Waals surface area contributed by atoms with E-state index in [2.05, 4.69) is 28.5 Å². The molecular weight excluding hydrogens is 430 g/mol. The molecular formula is C22H29N5O4S. The number of benzene rings is 1. The summed E-state index contributed by atoms with van der Waals surface area (Å²) in [5.41, 5.74) is 7.15. The molecule has 0 unspecified atom stereocenters. The Morgan fingerprint density at radius 1 is 1.06 bits per heavy atom. The first-order valence-corrected chi connectivity index (χ1v) is 12.0. The first-order valence-electron chi connectivity index (χ1n) is 10.5. The predicted molar refractivity (Wildman–Crippen MR) is 121 cm³/mol. The molecule has 1 fully saturated rings. The summed E-state index contributed by atoms with van der Waals surface area (Å²) in [7, 11) is -4.21. The molecule has 0 radical (unpaired) electrons. The molecule has 0 aliphatic carbocycles. The zero-order valence-corrected chi connectivity index (χ0v) is 19.3. The maximum atomic E-state index is 13.2. The van der Waals surface area contributed by atoms with Crippen LogP contribution < -0.4 is 10.5 Å². The van der Waals surface area contributed by atoms with Crippen molar-refractivity contribution in [2.24, 2.45) is 5.73 Å². The van der Waals surface area contributed by atoms with E-state index in [0.29, 0.717) is 49.0 Å². The number of nitrogens with zero attached hydrogens (tertiary/aromatic N) is 3. The molecule has 1 atom stereocenters. The molecule has 1 aromatic carbocycles. The van der Waals surface area contributed by atoms with Crippen LogP contribution in [0.2, 0.25) is 0 Å². The molecule has 3 rings (SSSR count). The van der Waals surface area contributed by atoms with Crippen LogP contribution in [-0.2, 0) is 19.6 Å². The molecule has 0 spiro atoms. The van der Waals surface area contributed by atoms with Gasteiger partial charge in [0.1, 0.15) is 0 Å². The largest absolute Gasteiger partial charge is 0.368 e. The molecule has 1 aromatic heterocycles. The number of piperazine rings is 1. The van der Waals surface area contributed by atoms with Crippen LogP contribution in [-0.4, -0.2) is 73.3 Å². The van der Waals surface area contributed by atoms with Gasteiger partial charge in [-0.2, -0.15) is 4.72 Å². The fourth-order valence-electron chi connectivity index (χ4n) is 3.80. The maximum Gasteiger partial charge on any atom is 0.250 e. The van der Waals surface area contributed by atoms with Crippen LogP contribution in [0.25, 0.3) is 11.3 Å². The zero-order valence-electron chi connectivity index (χ0n) is 18.5. The number of sulfonamides is 1. The normalized spacial score (nSPS) is 16.2. The summed E-state index contributed by atoms with van der Waals surface area (Å²) < 4.78 is 28.6. The van der Waals surface area contributed by atoms with Crippen LogP contribution in [0, 0.1) is 6.92 Å². The van der Waals surface area contributed by atoms with E-state index in [-0.39, 0.29) is 4.90 Å². The summed E-state index contributed by atoms with van der Waals surface area (Å²) in [5, 5.41) is 0. The van der Waals surface area contributed by atoms with Crippen molar-refractivity contribution in [1.82, 2.24) is 19.5 Å². The van der Waals surface area contributed by atoms with Gasteiger partial charge in [0.2, 0.25) is 15.9 Å². The van der Waals surface area contributed by atoms with Gasteiger partial charge in [-0.25, -0.2) is 8.42 Å². The van der Waals surface area contributed by atoms with E-state index in [9.17, 15) is 18.0 Å². The number of carbonyl (C=O) groups excluding carboxylic acids is 2. The molecule has 172 valence electrons. The lowest BCUT2D eigenvalue weighted by Crippen LogP contribution is -2.59. The van der Waals surface area contributed by atoms with E-state index in [4.69, 9.17) is 5.73 Å². The number of nitrogens with two attached hydrogens (primary N) is 1. The molecule has 2 aromatic rings. The van der Waals surface area contributed by atoms with Crippen molar-refractivity contribution in [3.05, 3.63) is 48.2 Å². The minimum absolute atomic E-state index is 0.0377. The molecule has 3 N–H and O–H groups in total. The predicted octanol–water partition coefficient (Wildman–Crippen LogP) is 0.742. The van der Waals surface area contributed by atoms with E-state index in [1.807, 2.05) is 6.07 Å². The summed E-state index contributed by atoms with van der Waals surface area (Å²) in [4.78, 5) is 33.0. The topological polar surface area (TPSA) is 126 Å². The second kappa shape index (κ2) is 9.76. The fourth-order valence-corrected chi connectivity index (χ4v) is 5.22. The summed E-state index contributed by atoms with van der Waals surface area (Å²) in [6.07, 6.45) is 1.62. The lowest BCUT2D eigenvalue weighted by Gasteiger charge is -2.37. The van der Waals surface area contributed by atoms with Crippen molar-refractivity contribution in [2.75, 3.05) is 26.2 Å². The van der Waals surface area contributed by atoms with Crippen molar-refractivity contribution in [1.29, 1.82) is 0 Å². The average Bonchev–Trinajstić information content (AvgIpc) is 2.77. The quantitative estimate of drug-likeness (QED) is 0.589. The second-order valence-electron chi connectivity index (χ2n) is 8.06. The molecule has 9 nitrogen and oxygen atoms in total. The number of amides is 2. The van der Waals surface area contributed by atoms with Crippen molar-refractivity contribution in [3.63, 3.8) is 0 Å². The third-order valence-electron chi connectivity index (χ3n) is 5.68. The van der Waals surface area contributed by atoms with Gasteiger partial charge in [0.25, 0.3) is 5.91 Å². The Bertz CT molecular complexity index is 1080. The summed E-state index contributed by atoms with van der Waals surface area (Å²) in [6.45, 7) is 7.89. The molecule has 32 heavy (non-hydrogen) atoms. The highest BCUT2D eigenvalue weighted by atomic mass is 32.2. The van der Waals surface area contributed by atoms with Gasteiger partial charge in [0.05, 0.1) is 10.6 Å². The highest BCUT2D eigenvalue weighted by Crippen LogP contribution is 2.26. The number of aromatic nitrogens is 1. The average molecular weight is 460 g/mol. The summed E-state index contributed by atoms with van der Waals surface area (Å²) >= 11 is 0. The Labute approximate surface area is 188 Å². The zero-order chi connectivity index (χ0) is 23.5. The Balaban J connectivity index is 1.84. The standard InChI is InChI=1S/C22H29N5O4S/c1-15(2)26-11-13-27(14-12-26)22(29)20(21(23)28)25-32(30,31)19-9-6-7-17(16(19)3)18-8-4-5-10-24-18/h4-10,15,20,25H,11-14H2,1-3H3,(H2,23,28)/t20-/m0/s1. The minimum Gasteiger partial charge on any atom is -0.368 e. The molecule has 1 aliphatic rings. The van der Waals surface area contributed by atoms with Crippen molar-refractivity contribution in [3.8, 4) is 11.3 Å². The third kappa shape index (κ3) is 5.14. The number of primary amides is 1. The molecule has 2 heterocycles. The fraction of sp³-hybridized carbons (Fsp3) is 0.409. The van der Waals surface area contributed by atoms with Gasteiger partial charge in [-0.15, -0.1) is 0 Å². The highest BCUT2D eigenvalue weighted by Gasteiger charge is 2.35. The lowest BCUT2D eigenvalue weighted by molar-refractivity contribution is -0.139. The van der Waals surface area contributed by atoms with Crippen LogP contribution in [0.1, 0.15) is 19.4 Å². The van der Waals surface area contributed by atoms with E-state index in [1.54, 1.807) is 37.4 Å². The van der Waals surface area contributed by atoms with E-state index in [0.717, 1.165) is 0 Å². The summed E-state index contributed by atoms with van der Waals surface area (Å²) in [5.74, 6) is -1.67. The monoisotopic (exact) mass is 459 g/mol. The Morgan fingerprint density at radius 3 is 2.31 bits per heavy atom. The van der Waals surface area contributed by atoms with Crippen LogP contribution in [0.15, 0.2) is 47.5 Å². The maximum absolute atomic E-state index is 13.2. The Kier molecular flexibility index (Phi) is 7.27. The number of rotatable bonds is 7. The van der Waals surface area contributed by atoms with E-state index >= 15 is 0 Å². The van der Waals surface area contributed by atoms with E-state index in [1.165, 1.54) is 11.0 Å². The third-order valence-corrected chi connectivity index (χ3v) is 7.24. The van der Waals surface area contributed by atoms with Gasteiger partial charge in [-0.3, -0.25) is 19.5 Å². The Hall–Kier alpha value is -2.82. The van der Waals surface area contributed by atoms with Crippen molar-refractivity contribution < 1.29 is 18.0 Å². The van der Waals surface area contributed by atoms with Crippen molar-refractivity contribution in [2.45, 2.75) is 37.8 Å². The minimum atomic E-state index is -4.21. The van der Waals surface area contributed by atoms with Crippen LogP contribution in [0.5, 0.6) is 0 Å². The lowest BCUT2D eigenvalue weighted by atomic mass is 10.1. The summed E-state index contributed by atoms with van der Waals surface area (Å²) in [6, 6.07) is 8.80. The SMILES string of the molecule is Cc1c(-c2ccccn2)cccc1S(=O)(=O)N[C@@H](C(N)=O)C(=O)N1CCN(C(C)C)CC1. The molecule has 2 amide bonds. The molecule has 1 aliphatic heterocycles. The second-order valence-corrected chi connectivity index (χ2v) is 9.74. The first-order chi connectivity index (χ1) is 15.1. The van der Waals surface area contributed by atoms with Gasteiger partial charge in [0, 0.05) is 44.0 Å². The van der Waals surface area contributed by atoms with Gasteiger partial charge in [0.15, 0.2) is 6.04 Å². The van der Waals surface area contributed by atoms with Crippen LogP contribution >= 0.6 is 0 Å². The first kappa shape index (κ1) is 23.8. The van der Waals surface area contributed by atoms with Crippen LogP contribution in [0.3, 0.4) is 0 Å². The van der Waals surface area contributed by atoms with Gasteiger partial charge >= 0.3 is 0 Å². The number of pyridine rings is 1. The number of hydrogen-bond acceptors (Lipinski definition) is 6. The highest BCUT2D eigenvalue weighted by molar-refractivity contribution is 7.89. The molecule has 10 heteroatoms. The molecule has 0 saturated carbocycles. The number of hydrogen-bond donors (Lipinski definition) is 2.